The molecule has 1 aromatic carbocycles. The summed E-state index contributed by atoms with van der Waals surface area (Å²) in [6.45, 7) is 1.94. The first-order chi connectivity index (χ1) is 8.04. The monoisotopic (exact) mass is 237 g/mol. The minimum atomic E-state index is -0.655. The van der Waals surface area contributed by atoms with Crippen molar-refractivity contribution >= 4 is 5.82 Å². The van der Waals surface area contributed by atoms with Gasteiger partial charge in [0, 0.05) is 25.1 Å². The number of imidazole rings is 1. The average molecular weight is 237 g/mol. The highest BCUT2D eigenvalue weighted by molar-refractivity contribution is 5.71. The van der Waals surface area contributed by atoms with E-state index in [1.807, 2.05) is 6.92 Å². The second kappa shape index (κ2) is 4.16. The van der Waals surface area contributed by atoms with Crippen LogP contribution < -0.4 is 5.73 Å². The zero-order chi connectivity index (χ0) is 12.6. The molecule has 2 N–H and O–H groups in total. The third-order valence-electron chi connectivity index (χ3n) is 2.73. The summed E-state index contributed by atoms with van der Waals surface area (Å²) in [7, 11) is 1.77. The molecule has 0 bridgehead atoms. The van der Waals surface area contributed by atoms with E-state index in [1.54, 1.807) is 11.6 Å². The van der Waals surface area contributed by atoms with Gasteiger partial charge in [0.25, 0.3) is 0 Å². The molecule has 0 saturated carbocycles. The topological polar surface area (TPSA) is 43.8 Å². The number of hydrogen-bond acceptors (Lipinski definition) is 2. The van der Waals surface area contributed by atoms with Crippen molar-refractivity contribution in [2.75, 3.05) is 5.73 Å². The third-order valence-corrected chi connectivity index (χ3v) is 2.73. The molecule has 2 rings (SSSR count). The van der Waals surface area contributed by atoms with Gasteiger partial charge in [-0.2, -0.15) is 0 Å². The van der Waals surface area contributed by atoms with Crippen LogP contribution in [0.25, 0.3) is 11.3 Å². The zero-order valence-corrected chi connectivity index (χ0v) is 9.67. The van der Waals surface area contributed by atoms with Gasteiger partial charge in [-0.3, -0.25) is 0 Å². The Morgan fingerprint density at radius 3 is 2.59 bits per heavy atom. The number of rotatable bonds is 2. The van der Waals surface area contributed by atoms with Crippen LogP contribution in [0.1, 0.15) is 12.7 Å². The molecule has 0 unspecified atom stereocenters. The van der Waals surface area contributed by atoms with Crippen molar-refractivity contribution in [1.29, 1.82) is 0 Å². The number of nitrogen functional groups attached to an aromatic ring is 1. The Balaban J connectivity index is 2.60. The van der Waals surface area contributed by atoms with Gasteiger partial charge in [0.1, 0.15) is 29.0 Å². The normalized spacial score (nSPS) is 10.8. The van der Waals surface area contributed by atoms with Crippen LogP contribution in [0.15, 0.2) is 18.2 Å². The van der Waals surface area contributed by atoms with Crippen LogP contribution in [0.5, 0.6) is 0 Å². The molecule has 1 heterocycles. The molecule has 90 valence electrons. The lowest BCUT2D eigenvalue weighted by Gasteiger charge is -2.02. The Hall–Kier alpha value is -1.91. The molecule has 2 aromatic rings. The van der Waals surface area contributed by atoms with E-state index in [9.17, 15) is 8.78 Å². The summed E-state index contributed by atoms with van der Waals surface area (Å²) in [6.07, 6.45) is 0.698. The molecule has 0 radical (unpaired) electrons. The number of nitrogens with zero attached hydrogens (tertiary/aromatic N) is 2. The highest BCUT2D eigenvalue weighted by Crippen LogP contribution is 2.28. The van der Waals surface area contributed by atoms with Crippen molar-refractivity contribution in [3.05, 3.63) is 35.7 Å². The number of hydrogen-bond donors (Lipinski definition) is 1. The molecule has 0 saturated heterocycles. The first kappa shape index (κ1) is 11.6. The van der Waals surface area contributed by atoms with Crippen molar-refractivity contribution in [3.8, 4) is 11.3 Å². The van der Waals surface area contributed by atoms with Gasteiger partial charge < -0.3 is 10.3 Å². The lowest BCUT2D eigenvalue weighted by molar-refractivity contribution is 0.585. The Bertz CT molecular complexity index is 561. The summed E-state index contributed by atoms with van der Waals surface area (Å²) in [4.78, 5) is 4.26. The predicted molar refractivity (Wildman–Crippen MR) is 62.4 cm³/mol. The van der Waals surface area contributed by atoms with Crippen molar-refractivity contribution in [2.24, 2.45) is 7.05 Å². The maximum atomic E-state index is 13.6. The summed E-state index contributed by atoms with van der Waals surface area (Å²) in [5, 5.41) is 0. The zero-order valence-electron chi connectivity index (χ0n) is 9.67. The fraction of sp³-hybridized carbons (Fsp3) is 0.250. The molecule has 0 atom stereocenters. The largest absolute Gasteiger partial charge is 0.383 e. The molecule has 0 aliphatic carbocycles. The van der Waals surface area contributed by atoms with Crippen LogP contribution in [0.4, 0.5) is 14.6 Å². The molecule has 0 amide bonds. The van der Waals surface area contributed by atoms with Crippen LogP contribution in [0.3, 0.4) is 0 Å². The number of aryl methyl sites for hydroxylation is 1. The highest BCUT2D eigenvalue weighted by atomic mass is 19.1. The molecular weight excluding hydrogens is 224 g/mol. The van der Waals surface area contributed by atoms with Gasteiger partial charge in [-0.15, -0.1) is 0 Å². The minimum Gasteiger partial charge on any atom is -0.383 e. The summed E-state index contributed by atoms with van der Waals surface area (Å²) in [5.74, 6) is -0.123. The van der Waals surface area contributed by atoms with Crippen LogP contribution in [0, 0.1) is 11.6 Å². The van der Waals surface area contributed by atoms with E-state index in [2.05, 4.69) is 4.98 Å². The maximum Gasteiger partial charge on any atom is 0.135 e. The Labute approximate surface area is 97.9 Å². The van der Waals surface area contributed by atoms with E-state index in [4.69, 9.17) is 5.73 Å². The second-order valence-electron chi connectivity index (χ2n) is 3.80. The van der Waals surface area contributed by atoms with E-state index in [1.165, 1.54) is 12.1 Å². The van der Waals surface area contributed by atoms with E-state index in [0.717, 1.165) is 11.9 Å². The lowest BCUT2D eigenvalue weighted by atomic mass is 10.1. The fourth-order valence-electron chi connectivity index (χ4n) is 1.76. The number of halogens is 2. The first-order valence-electron chi connectivity index (χ1n) is 5.31. The van der Waals surface area contributed by atoms with E-state index >= 15 is 0 Å². The molecule has 0 fully saturated rings. The SMILES string of the molecule is CCc1nc(-c2ccc(F)cc2F)c(N)n1C. The average Bonchev–Trinajstić information content (AvgIpc) is 2.57. The third kappa shape index (κ3) is 1.88. The van der Waals surface area contributed by atoms with Crippen LogP contribution in [-0.2, 0) is 13.5 Å². The van der Waals surface area contributed by atoms with Crippen LogP contribution >= 0.6 is 0 Å². The first-order valence-corrected chi connectivity index (χ1v) is 5.31. The van der Waals surface area contributed by atoms with E-state index < -0.39 is 11.6 Å². The Morgan fingerprint density at radius 2 is 2.06 bits per heavy atom. The van der Waals surface area contributed by atoms with Gasteiger partial charge in [0.05, 0.1) is 0 Å². The summed E-state index contributed by atoms with van der Waals surface area (Å²) in [6, 6.07) is 3.37. The second-order valence-corrected chi connectivity index (χ2v) is 3.80. The van der Waals surface area contributed by atoms with E-state index in [0.29, 0.717) is 17.9 Å². The summed E-state index contributed by atoms with van der Waals surface area (Å²) >= 11 is 0. The number of aromatic nitrogens is 2. The highest BCUT2D eigenvalue weighted by Gasteiger charge is 2.16. The van der Waals surface area contributed by atoms with Crippen LogP contribution in [-0.4, -0.2) is 9.55 Å². The van der Waals surface area contributed by atoms with E-state index in [-0.39, 0.29) is 5.56 Å². The van der Waals surface area contributed by atoms with Gasteiger partial charge in [-0.1, -0.05) is 6.92 Å². The molecule has 17 heavy (non-hydrogen) atoms. The number of nitrogens with two attached hydrogens (primary N) is 1. The predicted octanol–water partition coefficient (Wildman–Crippen LogP) is 2.51. The molecule has 0 aliphatic heterocycles. The standard InChI is InChI=1S/C12H13F2N3/c1-3-10-16-11(12(15)17(10)2)8-5-4-7(13)6-9(8)14/h4-6H,3,15H2,1-2H3. The van der Waals surface area contributed by atoms with Crippen LogP contribution in [0.2, 0.25) is 0 Å². The number of anilines is 1. The van der Waals surface area contributed by atoms with Gasteiger partial charge in [0.2, 0.25) is 0 Å². The Morgan fingerprint density at radius 1 is 1.35 bits per heavy atom. The van der Waals surface area contributed by atoms with Crippen molar-refractivity contribution in [3.63, 3.8) is 0 Å². The molecule has 0 spiro atoms. The lowest BCUT2D eigenvalue weighted by Crippen LogP contribution is -2.00. The molecule has 1 aromatic heterocycles. The minimum absolute atomic E-state index is 0.221. The van der Waals surface area contributed by atoms with Gasteiger partial charge >= 0.3 is 0 Å². The van der Waals surface area contributed by atoms with Crippen molar-refractivity contribution in [1.82, 2.24) is 9.55 Å². The summed E-state index contributed by atoms with van der Waals surface area (Å²) in [5.41, 5.74) is 6.44. The number of benzene rings is 1. The molecule has 0 aliphatic rings. The van der Waals surface area contributed by atoms with Gasteiger partial charge in [-0.05, 0) is 12.1 Å². The smallest absolute Gasteiger partial charge is 0.135 e. The molecular formula is C12H13F2N3. The van der Waals surface area contributed by atoms with Crippen molar-refractivity contribution < 1.29 is 8.78 Å². The van der Waals surface area contributed by atoms with Gasteiger partial charge in [-0.25, -0.2) is 13.8 Å². The summed E-state index contributed by atoms with van der Waals surface area (Å²) < 4.78 is 28.1. The fourth-order valence-corrected chi connectivity index (χ4v) is 1.76. The molecule has 3 nitrogen and oxygen atoms in total. The maximum absolute atomic E-state index is 13.6. The Kier molecular flexibility index (Phi) is 2.83. The van der Waals surface area contributed by atoms with Gasteiger partial charge in [0.15, 0.2) is 0 Å². The quantitative estimate of drug-likeness (QED) is 0.872. The molecule has 5 heteroatoms. The van der Waals surface area contributed by atoms with Crippen molar-refractivity contribution in [2.45, 2.75) is 13.3 Å².